The van der Waals surface area contributed by atoms with Gasteiger partial charge in [-0.3, -0.25) is 4.79 Å². The molecule has 0 spiro atoms. The van der Waals surface area contributed by atoms with Gasteiger partial charge in [0.05, 0.1) is 0 Å². The molecule has 1 aromatic carbocycles. The monoisotopic (exact) mass is 278 g/mol. The number of amides is 1. The first-order chi connectivity index (χ1) is 9.66. The van der Waals surface area contributed by atoms with Crippen LogP contribution in [0.4, 0.5) is 4.39 Å². The summed E-state index contributed by atoms with van der Waals surface area (Å²) in [6.45, 7) is 1.34. The van der Waals surface area contributed by atoms with E-state index in [1.54, 1.807) is 0 Å². The summed E-state index contributed by atoms with van der Waals surface area (Å²) in [7, 11) is 0. The number of hydrogen-bond donors (Lipinski definition) is 2. The summed E-state index contributed by atoms with van der Waals surface area (Å²) < 4.78 is 13.6. The van der Waals surface area contributed by atoms with Crippen molar-refractivity contribution in [1.29, 1.82) is 0 Å². The summed E-state index contributed by atoms with van der Waals surface area (Å²) in [5.41, 5.74) is 6.06. The Bertz CT molecular complexity index is 456. The molecule has 1 aliphatic rings. The molecule has 3 N–H and O–H groups in total. The molecule has 4 heteroatoms. The molecule has 2 rings (SSSR count). The van der Waals surface area contributed by atoms with Gasteiger partial charge in [0.1, 0.15) is 5.82 Å². The lowest BCUT2D eigenvalue weighted by atomic mass is 9.87. The van der Waals surface area contributed by atoms with E-state index in [4.69, 9.17) is 5.73 Å². The van der Waals surface area contributed by atoms with Crippen LogP contribution < -0.4 is 11.1 Å². The van der Waals surface area contributed by atoms with E-state index in [9.17, 15) is 9.18 Å². The first-order valence-electron chi connectivity index (χ1n) is 7.46. The first-order valence-corrected chi connectivity index (χ1v) is 7.46. The minimum atomic E-state index is -0.520. The number of rotatable bonds is 6. The van der Waals surface area contributed by atoms with Gasteiger partial charge in [-0.1, -0.05) is 32.1 Å². The molecule has 0 unspecified atom stereocenters. The summed E-state index contributed by atoms with van der Waals surface area (Å²) in [5.74, 6) is 0.00618. The van der Waals surface area contributed by atoms with Gasteiger partial charge < -0.3 is 11.1 Å². The van der Waals surface area contributed by atoms with Crippen LogP contribution in [-0.4, -0.2) is 12.5 Å². The van der Waals surface area contributed by atoms with E-state index in [1.165, 1.54) is 50.3 Å². The van der Waals surface area contributed by atoms with Crippen molar-refractivity contribution >= 4 is 5.91 Å². The molecule has 0 aliphatic heterocycles. The molecule has 0 bridgehead atoms. The Labute approximate surface area is 119 Å². The van der Waals surface area contributed by atoms with E-state index in [2.05, 4.69) is 5.32 Å². The normalized spacial score (nSPS) is 16.2. The topological polar surface area (TPSA) is 55.1 Å². The smallest absolute Gasteiger partial charge is 0.248 e. The molecule has 0 heterocycles. The molecule has 3 nitrogen and oxygen atoms in total. The van der Waals surface area contributed by atoms with Crippen molar-refractivity contribution in [3.63, 3.8) is 0 Å². The van der Waals surface area contributed by atoms with Crippen LogP contribution in [0.25, 0.3) is 0 Å². The second-order valence-electron chi connectivity index (χ2n) is 5.64. The fourth-order valence-corrected chi connectivity index (χ4v) is 2.87. The van der Waals surface area contributed by atoms with Gasteiger partial charge in [-0.15, -0.1) is 0 Å². The Morgan fingerprint density at radius 3 is 2.75 bits per heavy atom. The maximum atomic E-state index is 13.6. The number of hydrogen-bond acceptors (Lipinski definition) is 2. The Morgan fingerprint density at radius 2 is 2.05 bits per heavy atom. The van der Waals surface area contributed by atoms with Crippen LogP contribution in [0.1, 0.15) is 54.4 Å². The number of nitrogens with two attached hydrogens (primary N) is 1. The molecule has 0 aromatic heterocycles. The zero-order valence-electron chi connectivity index (χ0n) is 11.8. The summed E-state index contributed by atoms with van der Waals surface area (Å²) in [6, 6.07) is 4.26. The van der Waals surface area contributed by atoms with Gasteiger partial charge in [0.25, 0.3) is 0 Å². The molecule has 1 saturated carbocycles. The highest BCUT2D eigenvalue weighted by molar-refractivity contribution is 5.92. The predicted molar refractivity (Wildman–Crippen MR) is 77.8 cm³/mol. The maximum Gasteiger partial charge on any atom is 0.248 e. The third-order valence-corrected chi connectivity index (χ3v) is 4.10. The number of primary amides is 1. The average molecular weight is 278 g/mol. The molecule has 1 aromatic rings. The van der Waals surface area contributed by atoms with E-state index >= 15 is 0 Å². The van der Waals surface area contributed by atoms with Crippen molar-refractivity contribution in [2.75, 3.05) is 6.54 Å². The maximum absolute atomic E-state index is 13.6. The van der Waals surface area contributed by atoms with E-state index in [-0.39, 0.29) is 5.82 Å². The number of carbonyl (C=O) groups excluding carboxylic acids is 1. The molecule has 0 saturated heterocycles. The lowest BCUT2D eigenvalue weighted by Crippen LogP contribution is -2.20. The largest absolute Gasteiger partial charge is 0.366 e. The molecule has 1 amide bonds. The van der Waals surface area contributed by atoms with Gasteiger partial charge in [-0.25, -0.2) is 4.39 Å². The van der Waals surface area contributed by atoms with Crippen LogP contribution in [0.5, 0.6) is 0 Å². The quantitative estimate of drug-likeness (QED) is 0.786. The fraction of sp³-hybridized carbons (Fsp3) is 0.562. The van der Waals surface area contributed by atoms with E-state index in [0.29, 0.717) is 17.7 Å². The Morgan fingerprint density at radius 1 is 1.30 bits per heavy atom. The van der Waals surface area contributed by atoms with E-state index in [1.807, 2.05) is 0 Å². The zero-order valence-corrected chi connectivity index (χ0v) is 11.8. The molecular formula is C16H23FN2O. The second kappa shape index (κ2) is 7.39. The highest BCUT2D eigenvalue weighted by Gasteiger charge is 2.13. The third kappa shape index (κ3) is 4.30. The van der Waals surface area contributed by atoms with Crippen LogP contribution in [0.15, 0.2) is 18.2 Å². The lowest BCUT2D eigenvalue weighted by Gasteiger charge is -2.21. The van der Waals surface area contributed by atoms with Crippen LogP contribution in [0, 0.1) is 11.7 Å². The van der Waals surface area contributed by atoms with Crippen LogP contribution >= 0.6 is 0 Å². The second-order valence-corrected chi connectivity index (χ2v) is 5.64. The molecule has 110 valence electrons. The summed E-state index contributed by atoms with van der Waals surface area (Å²) in [4.78, 5) is 11.1. The van der Waals surface area contributed by atoms with Gasteiger partial charge in [0.2, 0.25) is 5.91 Å². The van der Waals surface area contributed by atoms with Crippen LogP contribution in [0.3, 0.4) is 0 Å². The minimum Gasteiger partial charge on any atom is -0.366 e. The Kier molecular flexibility index (Phi) is 5.53. The zero-order chi connectivity index (χ0) is 14.4. The number of benzene rings is 1. The van der Waals surface area contributed by atoms with Gasteiger partial charge in [0.15, 0.2) is 0 Å². The van der Waals surface area contributed by atoms with Gasteiger partial charge in [0, 0.05) is 17.7 Å². The van der Waals surface area contributed by atoms with Crippen molar-refractivity contribution < 1.29 is 9.18 Å². The number of carbonyl (C=O) groups is 1. The van der Waals surface area contributed by atoms with Crippen molar-refractivity contribution in [2.24, 2.45) is 11.7 Å². The standard InChI is InChI=1S/C16H23FN2O/c17-15-7-6-13(16(18)20)10-14(15)11-19-9-8-12-4-2-1-3-5-12/h6-7,10,12,19H,1-5,8-9,11H2,(H2,18,20). The minimum absolute atomic E-state index is 0.292. The average Bonchev–Trinajstić information content (AvgIpc) is 2.46. The number of nitrogens with one attached hydrogen (secondary N) is 1. The highest BCUT2D eigenvalue weighted by atomic mass is 19.1. The fourth-order valence-electron chi connectivity index (χ4n) is 2.87. The van der Waals surface area contributed by atoms with Gasteiger partial charge in [-0.2, -0.15) is 0 Å². The molecule has 1 aliphatic carbocycles. The van der Waals surface area contributed by atoms with Crippen molar-refractivity contribution in [1.82, 2.24) is 5.32 Å². The van der Waals surface area contributed by atoms with Crippen LogP contribution in [-0.2, 0) is 6.54 Å². The first kappa shape index (κ1) is 15.0. The molecule has 20 heavy (non-hydrogen) atoms. The lowest BCUT2D eigenvalue weighted by molar-refractivity contribution is 0.1000. The molecular weight excluding hydrogens is 255 g/mol. The van der Waals surface area contributed by atoms with E-state index in [0.717, 1.165) is 18.9 Å². The van der Waals surface area contributed by atoms with Gasteiger partial charge in [-0.05, 0) is 37.1 Å². The van der Waals surface area contributed by atoms with Crippen molar-refractivity contribution in [3.05, 3.63) is 35.1 Å². The highest BCUT2D eigenvalue weighted by Crippen LogP contribution is 2.25. The summed E-state index contributed by atoms with van der Waals surface area (Å²) in [6.07, 6.45) is 7.87. The van der Waals surface area contributed by atoms with Gasteiger partial charge >= 0.3 is 0 Å². The summed E-state index contributed by atoms with van der Waals surface area (Å²) >= 11 is 0. The Hall–Kier alpha value is -1.42. The molecule has 0 atom stereocenters. The van der Waals surface area contributed by atoms with Crippen LogP contribution in [0.2, 0.25) is 0 Å². The predicted octanol–water partition coefficient (Wildman–Crippen LogP) is 2.98. The van der Waals surface area contributed by atoms with Crippen molar-refractivity contribution in [3.8, 4) is 0 Å². The summed E-state index contributed by atoms with van der Waals surface area (Å²) in [5, 5.41) is 3.26. The van der Waals surface area contributed by atoms with Crippen molar-refractivity contribution in [2.45, 2.75) is 45.1 Å². The molecule has 1 fully saturated rings. The number of halogens is 1. The Balaban J connectivity index is 1.78. The molecule has 0 radical (unpaired) electrons. The van der Waals surface area contributed by atoms with E-state index < -0.39 is 5.91 Å². The SMILES string of the molecule is NC(=O)c1ccc(F)c(CNCCC2CCCCC2)c1. The third-order valence-electron chi connectivity index (χ3n) is 4.10.